The minimum Gasteiger partial charge on any atom is -0.266 e. The van der Waals surface area contributed by atoms with Gasteiger partial charge in [-0.3, -0.25) is 4.48 Å². The Bertz CT molecular complexity index is 772. The summed E-state index contributed by atoms with van der Waals surface area (Å²) < 4.78 is 0.894. The Morgan fingerprint density at radius 2 is 1.50 bits per heavy atom. The average molecular weight is 347 g/mol. The van der Waals surface area contributed by atoms with Crippen molar-refractivity contribution in [1.82, 2.24) is 4.48 Å². The van der Waals surface area contributed by atoms with Crippen molar-refractivity contribution in [2.24, 2.45) is 0 Å². The van der Waals surface area contributed by atoms with Gasteiger partial charge in [-0.15, -0.1) is 0 Å². The third kappa shape index (κ3) is 3.99. The van der Waals surface area contributed by atoms with E-state index in [-0.39, 0.29) is 0 Å². The predicted molar refractivity (Wildman–Crippen MR) is 116 cm³/mol. The zero-order chi connectivity index (χ0) is 18.4. The molecule has 2 aromatic carbocycles. The van der Waals surface area contributed by atoms with Crippen LogP contribution in [0, 0.1) is 0 Å². The van der Waals surface area contributed by atoms with Crippen LogP contribution in [0.5, 0.6) is 0 Å². The third-order valence-electron chi connectivity index (χ3n) is 5.58. The number of hydrogen-bond donors (Lipinski definition) is 0. The number of fused-ring (bicyclic) bond motifs is 1. The maximum absolute atomic E-state index is 4.42. The molecule has 1 unspecified atom stereocenters. The van der Waals surface area contributed by atoms with Crippen molar-refractivity contribution in [3.05, 3.63) is 78.5 Å². The van der Waals surface area contributed by atoms with E-state index in [9.17, 15) is 0 Å². The molecule has 1 heterocycles. The quantitative estimate of drug-likeness (QED) is 0.337. The Hall–Kier alpha value is -2.12. The van der Waals surface area contributed by atoms with Crippen LogP contribution in [0.4, 0.5) is 5.69 Å². The lowest BCUT2D eigenvalue weighted by atomic mass is 9.95. The monoisotopic (exact) mass is 346 g/mol. The van der Waals surface area contributed by atoms with Crippen molar-refractivity contribution in [3.8, 4) is 0 Å². The zero-order valence-electron chi connectivity index (χ0n) is 16.4. The molecule has 0 N–H and O–H groups in total. The van der Waals surface area contributed by atoms with Crippen molar-refractivity contribution in [2.45, 2.75) is 45.4 Å². The maximum Gasteiger partial charge on any atom is 0.145 e. The molecule has 0 amide bonds. The first-order chi connectivity index (χ1) is 12.7. The number of quaternary nitrogens is 1. The number of nitrogens with zero attached hydrogens (tertiary/aromatic N) is 1. The van der Waals surface area contributed by atoms with Crippen LogP contribution in [0.15, 0.2) is 67.4 Å². The van der Waals surface area contributed by atoms with Crippen LogP contribution in [0.1, 0.15) is 56.6 Å². The van der Waals surface area contributed by atoms with Gasteiger partial charge in [-0.1, -0.05) is 81.7 Å². The molecule has 1 heteroatoms. The van der Waals surface area contributed by atoms with Gasteiger partial charge in [0.15, 0.2) is 0 Å². The molecule has 0 bridgehead atoms. The summed E-state index contributed by atoms with van der Waals surface area (Å²) in [5.41, 5.74) is 6.38. The standard InChI is InChI=1S/C25H32N/c1-4-5-6-7-8-14-19-26(3)20-24(23-17-12-13-18-25(23)26)21(2)22-15-10-9-11-16-22/h9-13,15-18,20H,2,4-8,14,19H2,1,3H3/q+1. The van der Waals surface area contributed by atoms with E-state index in [1.807, 2.05) is 0 Å². The first kappa shape index (κ1) is 18.7. The molecule has 1 aliphatic rings. The number of rotatable bonds is 9. The summed E-state index contributed by atoms with van der Waals surface area (Å²) in [5.74, 6) is 0. The molecule has 0 radical (unpaired) electrons. The van der Waals surface area contributed by atoms with Gasteiger partial charge >= 0.3 is 0 Å². The van der Waals surface area contributed by atoms with E-state index in [4.69, 9.17) is 0 Å². The number of hydrogen-bond acceptors (Lipinski definition) is 0. The molecule has 0 saturated carbocycles. The molecule has 0 fully saturated rings. The lowest BCUT2D eigenvalue weighted by molar-refractivity contribution is 0.426. The van der Waals surface area contributed by atoms with Crippen LogP contribution < -0.4 is 4.48 Å². The fourth-order valence-corrected chi connectivity index (χ4v) is 4.01. The second kappa shape index (κ2) is 8.51. The van der Waals surface area contributed by atoms with Crippen LogP contribution in [-0.2, 0) is 0 Å². The van der Waals surface area contributed by atoms with Crippen molar-refractivity contribution >= 4 is 16.8 Å². The molecule has 2 aromatic rings. The topological polar surface area (TPSA) is 0 Å². The molecule has 1 nitrogen and oxygen atoms in total. The van der Waals surface area contributed by atoms with Crippen LogP contribution in [0.2, 0.25) is 0 Å². The summed E-state index contributed by atoms with van der Waals surface area (Å²) in [6, 6.07) is 19.4. The minimum atomic E-state index is 0.894. The van der Waals surface area contributed by atoms with Gasteiger partial charge in [0.25, 0.3) is 0 Å². The second-order valence-electron chi connectivity index (χ2n) is 7.66. The summed E-state index contributed by atoms with van der Waals surface area (Å²) in [4.78, 5) is 0. The van der Waals surface area contributed by atoms with Crippen LogP contribution >= 0.6 is 0 Å². The van der Waals surface area contributed by atoms with Crippen molar-refractivity contribution < 1.29 is 0 Å². The smallest absolute Gasteiger partial charge is 0.145 e. The maximum atomic E-state index is 4.42. The molecule has 0 saturated heterocycles. The summed E-state index contributed by atoms with van der Waals surface area (Å²) in [7, 11) is 2.34. The van der Waals surface area contributed by atoms with Crippen LogP contribution in [0.3, 0.4) is 0 Å². The summed E-state index contributed by atoms with van der Waals surface area (Å²) in [6.45, 7) is 7.86. The van der Waals surface area contributed by atoms with Crippen molar-refractivity contribution in [3.63, 3.8) is 0 Å². The second-order valence-corrected chi connectivity index (χ2v) is 7.66. The Labute approximate surface area is 159 Å². The molecule has 0 spiro atoms. The Kier molecular flexibility index (Phi) is 6.11. The normalized spacial score (nSPS) is 18.5. The van der Waals surface area contributed by atoms with Gasteiger partial charge in [0.1, 0.15) is 11.9 Å². The van der Waals surface area contributed by atoms with Gasteiger partial charge in [-0.2, -0.15) is 0 Å². The molecule has 0 aliphatic carbocycles. The molecule has 0 aromatic heterocycles. The first-order valence-electron chi connectivity index (χ1n) is 10.1. The zero-order valence-corrected chi connectivity index (χ0v) is 16.4. The number of benzene rings is 2. The minimum absolute atomic E-state index is 0.894. The molecule has 3 rings (SSSR count). The van der Waals surface area contributed by atoms with Gasteiger partial charge in [0, 0.05) is 17.2 Å². The SMILES string of the molecule is C=C(C1=C[N+](C)(CCCCCCCC)c2ccccc21)c1ccccc1. The first-order valence-corrected chi connectivity index (χ1v) is 10.1. The molecular weight excluding hydrogens is 314 g/mol. The summed E-state index contributed by atoms with van der Waals surface area (Å²) >= 11 is 0. The van der Waals surface area contributed by atoms with E-state index in [0.29, 0.717) is 0 Å². The lowest BCUT2D eigenvalue weighted by Gasteiger charge is -2.27. The van der Waals surface area contributed by atoms with Gasteiger partial charge in [0.2, 0.25) is 0 Å². The molecule has 1 atom stereocenters. The summed E-state index contributed by atoms with van der Waals surface area (Å²) in [6.07, 6.45) is 10.5. The number of unbranched alkanes of at least 4 members (excludes halogenated alkanes) is 5. The fourth-order valence-electron chi connectivity index (χ4n) is 4.01. The van der Waals surface area contributed by atoms with E-state index in [1.54, 1.807) is 0 Å². The van der Waals surface area contributed by atoms with E-state index in [2.05, 4.69) is 81.3 Å². The fraction of sp³-hybridized carbons (Fsp3) is 0.360. The van der Waals surface area contributed by atoms with E-state index < -0.39 is 0 Å². The van der Waals surface area contributed by atoms with Crippen LogP contribution in [-0.4, -0.2) is 13.6 Å². The van der Waals surface area contributed by atoms with Gasteiger partial charge in [-0.05, 0) is 30.0 Å². The predicted octanol–water partition coefficient (Wildman–Crippen LogP) is 7.05. The highest BCUT2D eigenvalue weighted by Crippen LogP contribution is 2.44. The van der Waals surface area contributed by atoms with E-state index in [0.717, 1.165) is 16.6 Å². The molecule has 1 aliphatic heterocycles. The third-order valence-corrected chi connectivity index (χ3v) is 5.58. The number of allylic oxidation sites excluding steroid dienone is 2. The van der Waals surface area contributed by atoms with Gasteiger partial charge in [-0.25, -0.2) is 0 Å². The van der Waals surface area contributed by atoms with Crippen molar-refractivity contribution in [2.75, 3.05) is 13.6 Å². The van der Waals surface area contributed by atoms with Gasteiger partial charge < -0.3 is 0 Å². The largest absolute Gasteiger partial charge is 0.266 e. The highest BCUT2D eigenvalue weighted by molar-refractivity contribution is 6.08. The van der Waals surface area contributed by atoms with Crippen LogP contribution in [0.25, 0.3) is 11.1 Å². The van der Waals surface area contributed by atoms with Crippen molar-refractivity contribution in [1.29, 1.82) is 0 Å². The Balaban J connectivity index is 1.78. The van der Waals surface area contributed by atoms with E-state index in [1.165, 1.54) is 60.9 Å². The number of para-hydroxylation sites is 1. The molecule has 136 valence electrons. The molecular formula is C25H32N+. The highest BCUT2D eigenvalue weighted by Gasteiger charge is 2.35. The Morgan fingerprint density at radius 3 is 2.27 bits per heavy atom. The average Bonchev–Trinajstić information content (AvgIpc) is 2.98. The Morgan fingerprint density at radius 1 is 0.846 bits per heavy atom. The highest BCUT2D eigenvalue weighted by atomic mass is 15.3. The van der Waals surface area contributed by atoms with Gasteiger partial charge in [0.05, 0.1) is 13.6 Å². The summed E-state index contributed by atoms with van der Waals surface area (Å²) in [5, 5.41) is 0. The lowest BCUT2D eigenvalue weighted by Crippen LogP contribution is -2.38. The molecule has 26 heavy (non-hydrogen) atoms. The van der Waals surface area contributed by atoms with E-state index >= 15 is 0 Å².